The van der Waals surface area contributed by atoms with Gasteiger partial charge in [0.15, 0.2) is 5.78 Å². The van der Waals surface area contributed by atoms with Gasteiger partial charge in [-0.05, 0) is 37.1 Å². The lowest BCUT2D eigenvalue weighted by Gasteiger charge is -2.13. The van der Waals surface area contributed by atoms with E-state index in [-0.39, 0.29) is 5.56 Å². The van der Waals surface area contributed by atoms with E-state index in [9.17, 15) is 9.18 Å². The van der Waals surface area contributed by atoms with E-state index >= 15 is 0 Å². The first-order chi connectivity index (χ1) is 11.2. The minimum absolute atomic E-state index is 0.0380. The van der Waals surface area contributed by atoms with Crippen molar-refractivity contribution in [3.8, 4) is 11.5 Å². The summed E-state index contributed by atoms with van der Waals surface area (Å²) in [5, 5.41) is 0. The number of carbonyl (C=O) groups excluding carboxylic acids is 1. The zero-order valence-corrected chi connectivity index (χ0v) is 13.5. The van der Waals surface area contributed by atoms with Crippen molar-refractivity contribution < 1.29 is 18.7 Å². The Bertz CT molecular complexity index is 667. The fraction of sp³-hybridized carbons (Fsp3) is 0.316. The Balaban J connectivity index is 2.35. The summed E-state index contributed by atoms with van der Waals surface area (Å²) in [5.41, 5.74) is 0.378. The molecule has 0 aliphatic carbocycles. The number of carbonyl (C=O) groups is 1. The highest BCUT2D eigenvalue weighted by atomic mass is 19.1. The fourth-order valence-electron chi connectivity index (χ4n) is 2.12. The van der Waals surface area contributed by atoms with E-state index in [1.807, 2.05) is 13.8 Å². The lowest BCUT2D eigenvalue weighted by Crippen LogP contribution is -2.08. The number of ketones is 1. The van der Waals surface area contributed by atoms with Crippen molar-refractivity contribution in [2.45, 2.75) is 26.7 Å². The molecule has 2 aromatic rings. The van der Waals surface area contributed by atoms with Gasteiger partial charge in [0.25, 0.3) is 0 Å². The number of rotatable bonds is 8. The van der Waals surface area contributed by atoms with E-state index in [4.69, 9.17) is 9.47 Å². The van der Waals surface area contributed by atoms with Gasteiger partial charge in [-0.1, -0.05) is 26.0 Å². The molecule has 0 spiro atoms. The zero-order valence-electron chi connectivity index (χ0n) is 13.5. The van der Waals surface area contributed by atoms with E-state index in [2.05, 4.69) is 0 Å². The van der Waals surface area contributed by atoms with Crippen molar-refractivity contribution in [1.82, 2.24) is 0 Å². The van der Waals surface area contributed by atoms with E-state index in [0.29, 0.717) is 30.3 Å². The van der Waals surface area contributed by atoms with Crippen LogP contribution in [0.3, 0.4) is 0 Å². The molecular formula is C19H21FO3. The number of benzene rings is 2. The van der Waals surface area contributed by atoms with Crippen molar-refractivity contribution >= 4 is 5.78 Å². The topological polar surface area (TPSA) is 35.5 Å². The molecule has 0 aliphatic heterocycles. The molecule has 0 heterocycles. The first-order valence-electron chi connectivity index (χ1n) is 7.86. The second-order valence-corrected chi connectivity index (χ2v) is 5.16. The molecule has 0 saturated carbocycles. The van der Waals surface area contributed by atoms with Crippen molar-refractivity contribution in [2.24, 2.45) is 0 Å². The summed E-state index contributed by atoms with van der Waals surface area (Å²) >= 11 is 0. The summed E-state index contributed by atoms with van der Waals surface area (Å²) in [7, 11) is 0. The van der Waals surface area contributed by atoms with E-state index < -0.39 is 11.6 Å². The van der Waals surface area contributed by atoms with Crippen LogP contribution in [0, 0.1) is 5.82 Å². The van der Waals surface area contributed by atoms with Crippen LogP contribution in [-0.4, -0.2) is 19.0 Å². The summed E-state index contributed by atoms with van der Waals surface area (Å²) in [6.07, 6.45) is 1.70. The maximum absolute atomic E-state index is 13.9. The molecule has 0 N–H and O–H groups in total. The number of halogens is 1. The summed E-state index contributed by atoms with van der Waals surface area (Å²) in [6.45, 7) is 5.07. The maximum Gasteiger partial charge on any atom is 0.199 e. The summed E-state index contributed by atoms with van der Waals surface area (Å²) < 4.78 is 25.1. The average Bonchev–Trinajstić information content (AvgIpc) is 2.58. The Labute approximate surface area is 136 Å². The highest BCUT2D eigenvalue weighted by Gasteiger charge is 2.18. The van der Waals surface area contributed by atoms with Gasteiger partial charge in [-0.3, -0.25) is 4.79 Å². The minimum Gasteiger partial charge on any atom is -0.493 e. The van der Waals surface area contributed by atoms with Crippen LogP contribution >= 0.6 is 0 Å². The van der Waals surface area contributed by atoms with Gasteiger partial charge < -0.3 is 9.47 Å². The molecule has 0 amide bonds. The molecule has 23 heavy (non-hydrogen) atoms. The Hall–Kier alpha value is -2.36. The Morgan fingerprint density at radius 2 is 1.65 bits per heavy atom. The van der Waals surface area contributed by atoms with Crippen LogP contribution in [0.1, 0.15) is 42.6 Å². The van der Waals surface area contributed by atoms with Gasteiger partial charge in [0.05, 0.1) is 24.3 Å². The zero-order chi connectivity index (χ0) is 16.7. The molecule has 0 unspecified atom stereocenters. The van der Waals surface area contributed by atoms with Gasteiger partial charge in [-0.15, -0.1) is 0 Å². The van der Waals surface area contributed by atoms with Crippen LogP contribution in [0.25, 0.3) is 0 Å². The second-order valence-electron chi connectivity index (χ2n) is 5.16. The van der Waals surface area contributed by atoms with Crippen LogP contribution in [0.5, 0.6) is 11.5 Å². The Morgan fingerprint density at radius 1 is 0.957 bits per heavy atom. The highest BCUT2D eigenvalue weighted by molar-refractivity contribution is 6.11. The number of hydrogen-bond donors (Lipinski definition) is 0. The van der Waals surface area contributed by atoms with Crippen molar-refractivity contribution in [3.05, 3.63) is 59.4 Å². The predicted molar refractivity (Wildman–Crippen MR) is 87.8 cm³/mol. The molecule has 0 saturated heterocycles. The van der Waals surface area contributed by atoms with Crippen LogP contribution in [0.15, 0.2) is 42.5 Å². The molecule has 0 bridgehead atoms. The van der Waals surface area contributed by atoms with Gasteiger partial charge >= 0.3 is 0 Å². The molecule has 122 valence electrons. The Morgan fingerprint density at radius 3 is 2.35 bits per heavy atom. The summed E-state index contributed by atoms with van der Waals surface area (Å²) in [4.78, 5) is 12.6. The molecule has 2 rings (SSSR count). The van der Waals surface area contributed by atoms with Crippen molar-refractivity contribution in [1.29, 1.82) is 0 Å². The average molecular weight is 316 g/mol. The monoisotopic (exact) mass is 316 g/mol. The van der Waals surface area contributed by atoms with Crippen molar-refractivity contribution in [2.75, 3.05) is 13.2 Å². The van der Waals surface area contributed by atoms with Gasteiger partial charge in [0.2, 0.25) is 0 Å². The third kappa shape index (κ3) is 4.31. The fourth-order valence-corrected chi connectivity index (χ4v) is 2.12. The van der Waals surface area contributed by atoms with Crippen LogP contribution in [0.4, 0.5) is 4.39 Å². The quantitative estimate of drug-likeness (QED) is 0.666. The van der Waals surface area contributed by atoms with Crippen molar-refractivity contribution in [3.63, 3.8) is 0 Å². The Kier molecular flexibility index (Phi) is 6.15. The molecule has 0 atom stereocenters. The SMILES string of the molecule is CCCOc1ccc(C(=O)c2ccccc2F)c(OCCC)c1. The lowest BCUT2D eigenvalue weighted by molar-refractivity contribution is 0.103. The van der Waals surface area contributed by atoms with Crippen LogP contribution < -0.4 is 9.47 Å². The third-order valence-electron chi connectivity index (χ3n) is 3.25. The number of hydrogen-bond acceptors (Lipinski definition) is 3. The van der Waals surface area contributed by atoms with Crippen LogP contribution in [0.2, 0.25) is 0 Å². The normalized spacial score (nSPS) is 10.4. The first kappa shape index (κ1) is 17.0. The van der Waals surface area contributed by atoms with E-state index in [1.54, 1.807) is 30.3 Å². The van der Waals surface area contributed by atoms with Gasteiger partial charge in [0, 0.05) is 6.07 Å². The standard InChI is InChI=1S/C19H21FO3/c1-3-11-22-14-9-10-16(18(13-14)23-12-4-2)19(21)15-7-5-6-8-17(15)20/h5-10,13H,3-4,11-12H2,1-2H3. The maximum atomic E-state index is 13.9. The summed E-state index contributed by atoms with van der Waals surface area (Å²) in [5.74, 6) is 0.137. The number of ether oxygens (including phenoxy) is 2. The second kappa shape index (κ2) is 8.32. The van der Waals surface area contributed by atoms with E-state index in [1.165, 1.54) is 12.1 Å². The molecule has 0 fully saturated rings. The first-order valence-corrected chi connectivity index (χ1v) is 7.86. The largest absolute Gasteiger partial charge is 0.493 e. The summed E-state index contributed by atoms with van der Waals surface area (Å²) in [6, 6.07) is 11.0. The van der Waals surface area contributed by atoms with E-state index in [0.717, 1.165) is 12.8 Å². The lowest BCUT2D eigenvalue weighted by atomic mass is 10.0. The highest BCUT2D eigenvalue weighted by Crippen LogP contribution is 2.28. The third-order valence-corrected chi connectivity index (χ3v) is 3.25. The van der Waals surface area contributed by atoms with Gasteiger partial charge in [-0.2, -0.15) is 0 Å². The van der Waals surface area contributed by atoms with Gasteiger partial charge in [-0.25, -0.2) is 4.39 Å². The molecular weight excluding hydrogens is 295 g/mol. The predicted octanol–water partition coefficient (Wildman–Crippen LogP) is 4.63. The molecule has 2 aromatic carbocycles. The molecule has 0 radical (unpaired) electrons. The molecule has 3 nitrogen and oxygen atoms in total. The van der Waals surface area contributed by atoms with Crippen LogP contribution in [-0.2, 0) is 0 Å². The van der Waals surface area contributed by atoms with Gasteiger partial charge in [0.1, 0.15) is 17.3 Å². The minimum atomic E-state index is -0.537. The molecule has 0 aromatic heterocycles. The smallest absolute Gasteiger partial charge is 0.199 e. The molecule has 0 aliphatic rings. The molecule has 4 heteroatoms.